The van der Waals surface area contributed by atoms with Crippen molar-refractivity contribution in [2.75, 3.05) is 19.6 Å². The molecule has 0 aromatic carbocycles. The number of rotatable bonds is 2. The van der Waals surface area contributed by atoms with E-state index in [4.69, 9.17) is 5.73 Å². The van der Waals surface area contributed by atoms with Crippen LogP contribution in [0.25, 0.3) is 0 Å². The monoisotopic (exact) mass is 198 g/mol. The van der Waals surface area contributed by atoms with E-state index >= 15 is 0 Å². The Morgan fingerprint density at radius 2 is 2.07 bits per heavy atom. The zero-order chi connectivity index (χ0) is 11.0. The van der Waals surface area contributed by atoms with Gasteiger partial charge in [0, 0.05) is 19.6 Å². The minimum absolute atomic E-state index is 0.200. The Morgan fingerprint density at radius 1 is 1.50 bits per heavy atom. The second-order valence-electron chi connectivity index (χ2n) is 5.73. The Kier molecular flexibility index (Phi) is 2.91. The van der Waals surface area contributed by atoms with Crippen molar-refractivity contribution in [2.45, 2.75) is 34.1 Å². The molecule has 82 valence electrons. The first-order chi connectivity index (χ1) is 6.28. The summed E-state index contributed by atoms with van der Waals surface area (Å²) in [5, 5.41) is 0. The molecule has 2 N–H and O–H groups in total. The first-order valence-corrected chi connectivity index (χ1v) is 5.28. The lowest BCUT2D eigenvalue weighted by atomic mass is 9.91. The van der Waals surface area contributed by atoms with Gasteiger partial charge in [-0.3, -0.25) is 4.79 Å². The fourth-order valence-corrected chi connectivity index (χ4v) is 1.80. The molecule has 1 rings (SSSR count). The normalized spacial score (nSPS) is 21.4. The summed E-state index contributed by atoms with van der Waals surface area (Å²) < 4.78 is 0. The summed E-state index contributed by atoms with van der Waals surface area (Å²) in [6.07, 6.45) is 1.10. The molecule has 1 fully saturated rings. The predicted octanol–water partition coefficient (Wildman–Crippen LogP) is 1.23. The first kappa shape index (κ1) is 11.5. The van der Waals surface area contributed by atoms with Gasteiger partial charge in [0.15, 0.2) is 0 Å². The Balaban J connectivity index is 2.65. The summed E-state index contributed by atoms with van der Waals surface area (Å²) in [4.78, 5) is 14.0. The molecule has 0 bridgehead atoms. The minimum Gasteiger partial charge on any atom is -0.342 e. The lowest BCUT2D eigenvalue weighted by molar-refractivity contribution is -0.139. The lowest BCUT2D eigenvalue weighted by Crippen LogP contribution is -2.44. The third kappa shape index (κ3) is 2.27. The van der Waals surface area contributed by atoms with Gasteiger partial charge in [-0.1, -0.05) is 13.8 Å². The Hall–Kier alpha value is -0.570. The van der Waals surface area contributed by atoms with Crippen LogP contribution in [0.4, 0.5) is 0 Å². The number of hydrogen-bond acceptors (Lipinski definition) is 2. The number of carbonyl (C=O) groups is 1. The van der Waals surface area contributed by atoms with Crippen molar-refractivity contribution in [1.29, 1.82) is 0 Å². The van der Waals surface area contributed by atoms with Crippen LogP contribution in [-0.4, -0.2) is 30.4 Å². The van der Waals surface area contributed by atoms with Crippen LogP contribution in [0.1, 0.15) is 34.1 Å². The lowest BCUT2D eigenvalue weighted by Gasteiger charge is -2.28. The SMILES string of the molecule is CC1(C)CCN(C(=O)C(C)(C)CN)C1. The average molecular weight is 198 g/mol. The molecule has 0 aromatic heterocycles. The van der Waals surface area contributed by atoms with Crippen LogP contribution in [0.5, 0.6) is 0 Å². The van der Waals surface area contributed by atoms with Gasteiger partial charge < -0.3 is 10.6 Å². The van der Waals surface area contributed by atoms with E-state index in [1.54, 1.807) is 0 Å². The van der Waals surface area contributed by atoms with Gasteiger partial charge in [0.2, 0.25) is 5.91 Å². The summed E-state index contributed by atoms with van der Waals surface area (Å²) in [5.41, 5.74) is 5.47. The van der Waals surface area contributed by atoms with Crippen molar-refractivity contribution in [1.82, 2.24) is 4.90 Å². The average Bonchev–Trinajstić information content (AvgIpc) is 2.44. The second kappa shape index (κ2) is 3.54. The molecule has 1 aliphatic rings. The van der Waals surface area contributed by atoms with Crippen LogP contribution in [-0.2, 0) is 4.79 Å². The van der Waals surface area contributed by atoms with Gasteiger partial charge in [0.1, 0.15) is 0 Å². The maximum absolute atomic E-state index is 12.0. The van der Waals surface area contributed by atoms with Gasteiger partial charge in [-0.05, 0) is 25.7 Å². The highest BCUT2D eigenvalue weighted by molar-refractivity contribution is 5.82. The summed E-state index contributed by atoms with van der Waals surface area (Å²) in [6.45, 7) is 10.4. The van der Waals surface area contributed by atoms with Crippen LogP contribution in [0, 0.1) is 10.8 Å². The minimum atomic E-state index is -0.402. The zero-order valence-electron chi connectivity index (χ0n) is 9.76. The van der Waals surface area contributed by atoms with Crippen LogP contribution in [0.2, 0.25) is 0 Å². The highest BCUT2D eigenvalue weighted by Gasteiger charge is 2.37. The van der Waals surface area contributed by atoms with Gasteiger partial charge in [0.25, 0.3) is 0 Å². The summed E-state index contributed by atoms with van der Waals surface area (Å²) in [5.74, 6) is 0.200. The third-order valence-corrected chi connectivity index (χ3v) is 3.05. The molecular weight excluding hydrogens is 176 g/mol. The standard InChI is InChI=1S/C11H22N2O/c1-10(2)5-6-13(8-10)9(14)11(3,4)7-12/h5-8,12H2,1-4H3. The molecule has 1 aliphatic heterocycles. The number of carbonyl (C=O) groups excluding carboxylic acids is 1. The van der Waals surface area contributed by atoms with E-state index in [9.17, 15) is 4.79 Å². The van der Waals surface area contributed by atoms with Crippen LogP contribution in [0.15, 0.2) is 0 Å². The van der Waals surface area contributed by atoms with Crippen LogP contribution in [0.3, 0.4) is 0 Å². The number of hydrogen-bond donors (Lipinski definition) is 1. The smallest absolute Gasteiger partial charge is 0.229 e. The molecule has 1 saturated heterocycles. The largest absolute Gasteiger partial charge is 0.342 e. The van der Waals surface area contributed by atoms with Crippen molar-refractivity contribution in [3.63, 3.8) is 0 Å². The van der Waals surface area contributed by atoms with Gasteiger partial charge >= 0.3 is 0 Å². The molecule has 0 aliphatic carbocycles. The second-order valence-corrected chi connectivity index (χ2v) is 5.73. The van der Waals surface area contributed by atoms with Crippen molar-refractivity contribution in [3.8, 4) is 0 Å². The Labute approximate surface area is 86.6 Å². The van der Waals surface area contributed by atoms with Gasteiger partial charge in [0.05, 0.1) is 5.41 Å². The van der Waals surface area contributed by atoms with E-state index in [1.807, 2.05) is 18.7 Å². The van der Waals surface area contributed by atoms with Crippen LogP contribution < -0.4 is 5.73 Å². The molecule has 3 heteroatoms. The summed E-state index contributed by atoms with van der Waals surface area (Å²) in [7, 11) is 0. The van der Waals surface area contributed by atoms with Crippen LogP contribution >= 0.6 is 0 Å². The molecule has 0 saturated carbocycles. The number of nitrogens with zero attached hydrogens (tertiary/aromatic N) is 1. The van der Waals surface area contributed by atoms with Crippen molar-refractivity contribution in [3.05, 3.63) is 0 Å². The topological polar surface area (TPSA) is 46.3 Å². The van der Waals surface area contributed by atoms with E-state index in [0.29, 0.717) is 6.54 Å². The molecule has 1 amide bonds. The van der Waals surface area contributed by atoms with E-state index < -0.39 is 5.41 Å². The van der Waals surface area contributed by atoms with Gasteiger partial charge in [-0.2, -0.15) is 0 Å². The maximum Gasteiger partial charge on any atom is 0.229 e. The molecule has 14 heavy (non-hydrogen) atoms. The van der Waals surface area contributed by atoms with Gasteiger partial charge in [-0.25, -0.2) is 0 Å². The Morgan fingerprint density at radius 3 is 2.43 bits per heavy atom. The molecule has 0 radical (unpaired) electrons. The molecule has 0 unspecified atom stereocenters. The maximum atomic E-state index is 12.0. The summed E-state index contributed by atoms with van der Waals surface area (Å²) >= 11 is 0. The van der Waals surface area contributed by atoms with Crippen molar-refractivity contribution < 1.29 is 4.79 Å². The third-order valence-electron chi connectivity index (χ3n) is 3.05. The zero-order valence-corrected chi connectivity index (χ0v) is 9.76. The molecule has 0 aromatic rings. The van der Waals surface area contributed by atoms with Gasteiger partial charge in [-0.15, -0.1) is 0 Å². The molecule has 0 spiro atoms. The fourth-order valence-electron chi connectivity index (χ4n) is 1.80. The fraction of sp³-hybridized carbons (Fsp3) is 0.909. The quantitative estimate of drug-likeness (QED) is 0.725. The number of amides is 1. The van der Waals surface area contributed by atoms with Crippen molar-refractivity contribution >= 4 is 5.91 Å². The first-order valence-electron chi connectivity index (χ1n) is 5.28. The molecule has 1 heterocycles. The summed E-state index contributed by atoms with van der Waals surface area (Å²) in [6, 6.07) is 0. The Bertz CT molecular complexity index is 233. The van der Waals surface area contributed by atoms with E-state index in [0.717, 1.165) is 19.5 Å². The molecular formula is C11H22N2O. The van der Waals surface area contributed by atoms with E-state index in [-0.39, 0.29) is 11.3 Å². The van der Waals surface area contributed by atoms with E-state index in [2.05, 4.69) is 13.8 Å². The highest BCUT2D eigenvalue weighted by atomic mass is 16.2. The number of nitrogens with two attached hydrogens (primary N) is 1. The predicted molar refractivity (Wildman–Crippen MR) is 57.8 cm³/mol. The molecule has 3 nitrogen and oxygen atoms in total. The molecule has 0 atom stereocenters. The van der Waals surface area contributed by atoms with Crippen molar-refractivity contribution in [2.24, 2.45) is 16.6 Å². The number of likely N-dealkylation sites (tertiary alicyclic amines) is 1. The van der Waals surface area contributed by atoms with E-state index in [1.165, 1.54) is 0 Å². The highest BCUT2D eigenvalue weighted by Crippen LogP contribution is 2.31.